The Morgan fingerprint density at radius 2 is 2.04 bits per heavy atom. The lowest BCUT2D eigenvalue weighted by Gasteiger charge is -2.49. The fourth-order valence-corrected chi connectivity index (χ4v) is 4.65. The fourth-order valence-electron chi connectivity index (χ4n) is 4.65. The van der Waals surface area contributed by atoms with E-state index in [1.165, 1.54) is 0 Å². The van der Waals surface area contributed by atoms with E-state index < -0.39 is 17.8 Å². The van der Waals surface area contributed by atoms with E-state index in [2.05, 4.69) is 27.4 Å². The number of carbonyl (C=O) groups excluding carboxylic acids is 1. The number of rotatable bonds is 10. The second-order valence-corrected chi connectivity index (χ2v) is 8.93. The van der Waals surface area contributed by atoms with Crippen LogP contribution < -0.4 is 0 Å². The molecule has 0 bridgehead atoms. The van der Waals surface area contributed by atoms with Crippen LogP contribution in [0.1, 0.15) is 63.2 Å². The molecule has 0 aromatic heterocycles. The number of aliphatic hydroxyl groups is 2. The lowest BCUT2D eigenvalue weighted by molar-refractivity contribution is -0.177. The molecule has 0 amide bonds. The van der Waals surface area contributed by atoms with E-state index in [9.17, 15) is 15.0 Å². The third kappa shape index (κ3) is 5.53. The van der Waals surface area contributed by atoms with Gasteiger partial charge in [-0.2, -0.15) is 0 Å². The molecule has 2 N–H and O–H groups in total. The average Bonchev–Trinajstić information content (AvgIpc) is 2.67. The average molecular weight is 389 g/mol. The predicted octanol–water partition coefficient (Wildman–Crippen LogP) is 4.41. The molecule has 4 atom stereocenters. The van der Waals surface area contributed by atoms with Gasteiger partial charge in [-0.25, -0.2) is 0 Å². The number of hydrogen-bond acceptors (Lipinski definition) is 4. The third-order valence-electron chi connectivity index (χ3n) is 6.15. The Morgan fingerprint density at radius 3 is 2.61 bits per heavy atom. The summed E-state index contributed by atoms with van der Waals surface area (Å²) in [6, 6.07) is 9.33. The van der Waals surface area contributed by atoms with Gasteiger partial charge >= 0.3 is 0 Å². The zero-order chi connectivity index (χ0) is 20.8. The van der Waals surface area contributed by atoms with Crippen molar-refractivity contribution < 1.29 is 19.7 Å². The summed E-state index contributed by atoms with van der Waals surface area (Å²) in [6.45, 7) is 9.81. The van der Waals surface area contributed by atoms with E-state index in [-0.39, 0.29) is 24.7 Å². The molecule has 156 valence electrons. The molecule has 4 heteroatoms. The summed E-state index contributed by atoms with van der Waals surface area (Å²) in [5.74, 6) is 1.09. The first-order valence-electron chi connectivity index (χ1n) is 10.4. The van der Waals surface area contributed by atoms with Gasteiger partial charge in [-0.3, -0.25) is 4.79 Å². The zero-order valence-electron chi connectivity index (χ0n) is 17.6. The molecule has 1 aromatic carbocycles. The van der Waals surface area contributed by atoms with E-state index in [1.807, 2.05) is 30.3 Å². The first kappa shape index (κ1) is 22.8. The van der Waals surface area contributed by atoms with Crippen molar-refractivity contribution in [1.29, 1.82) is 0 Å². The molecule has 28 heavy (non-hydrogen) atoms. The van der Waals surface area contributed by atoms with Crippen LogP contribution in [0.25, 0.3) is 0 Å². The van der Waals surface area contributed by atoms with Gasteiger partial charge in [-0.1, -0.05) is 63.6 Å². The number of ether oxygens (including phenoxy) is 1. The van der Waals surface area contributed by atoms with E-state index in [4.69, 9.17) is 4.74 Å². The van der Waals surface area contributed by atoms with Crippen molar-refractivity contribution in [3.63, 3.8) is 0 Å². The minimum absolute atomic E-state index is 0.00642. The molecule has 3 unspecified atom stereocenters. The van der Waals surface area contributed by atoms with Crippen LogP contribution in [0.5, 0.6) is 0 Å². The highest BCUT2D eigenvalue weighted by atomic mass is 16.5. The molecule has 1 saturated carbocycles. The molecular weight excluding hydrogens is 352 g/mol. The topological polar surface area (TPSA) is 66.8 Å². The first-order chi connectivity index (χ1) is 13.2. The SMILES string of the molecule is C=CC[C@](O)(CO)COC1(CC(=O)c2ccccc2)CC(C)CCC1C(C)C. The molecule has 2 rings (SSSR count). The van der Waals surface area contributed by atoms with Gasteiger partial charge in [0, 0.05) is 12.0 Å². The summed E-state index contributed by atoms with van der Waals surface area (Å²) in [4.78, 5) is 13.1. The van der Waals surface area contributed by atoms with Crippen LogP contribution in [0.15, 0.2) is 43.0 Å². The molecular formula is C24H36O4. The summed E-state index contributed by atoms with van der Waals surface area (Å²) < 4.78 is 6.44. The second-order valence-electron chi connectivity index (χ2n) is 8.93. The van der Waals surface area contributed by atoms with E-state index in [1.54, 1.807) is 6.08 Å². The van der Waals surface area contributed by atoms with Crippen molar-refractivity contribution in [3.05, 3.63) is 48.6 Å². The molecule has 1 aromatic rings. The summed E-state index contributed by atoms with van der Waals surface area (Å²) in [6.07, 6.45) is 5.02. The Morgan fingerprint density at radius 1 is 1.36 bits per heavy atom. The van der Waals surface area contributed by atoms with E-state index in [0.29, 0.717) is 23.8 Å². The van der Waals surface area contributed by atoms with Gasteiger partial charge in [0.25, 0.3) is 0 Å². The summed E-state index contributed by atoms with van der Waals surface area (Å²) in [5, 5.41) is 20.3. The molecule has 1 fully saturated rings. The number of carbonyl (C=O) groups is 1. The summed E-state index contributed by atoms with van der Waals surface area (Å²) in [7, 11) is 0. The number of ketones is 1. The Hall–Kier alpha value is -1.49. The molecule has 0 aliphatic heterocycles. The fraction of sp³-hybridized carbons (Fsp3) is 0.625. The van der Waals surface area contributed by atoms with Crippen LogP contribution in [0, 0.1) is 17.8 Å². The van der Waals surface area contributed by atoms with Gasteiger partial charge < -0.3 is 14.9 Å². The highest BCUT2D eigenvalue weighted by Crippen LogP contribution is 2.46. The Labute approximate surface area is 169 Å². The maximum atomic E-state index is 13.1. The standard InChI is InChI=1S/C24H36O4/c1-5-13-23(27,16-25)17-28-24(14-19(4)11-12-21(24)18(2)3)15-22(26)20-9-7-6-8-10-20/h5-10,18-19,21,25,27H,1,11-17H2,2-4H3/t19?,21?,23-,24?/m0/s1. The monoisotopic (exact) mass is 388 g/mol. The lowest BCUT2D eigenvalue weighted by Crippen LogP contribution is -2.52. The quantitative estimate of drug-likeness (QED) is 0.460. The molecule has 1 aliphatic rings. The van der Waals surface area contributed by atoms with Gasteiger partial charge in [0.1, 0.15) is 5.60 Å². The molecule has 4 nitrogen and oxygen atoms in total. The second kappa shape index (κ2) is 9.82. The molecule has 0 heterocycles. The van der Waals surface area contributed by atoms with Crippen LogP contribution in [-0.4, -0.2) is 40.4 Å². The van der Waals surface area contributed by atoms with E-state index >= 15 is 0 Å². The summed E-state index contributed by atoms with van der Waals surface area (Å²) in [5.41, 5.74) is -1.31. The highest BCUT2D eigenvalue weighted by Gasteiger charge is 2.47. The predicted molar refractivity (Wildman–Crippen MR) is 112 cm³/mol. The lowest BCUT2D eigenvalue weighted by atomic mass is 9.64. The van der Waals surface area contributed by atoms with Crippen molar-refractivity contribution in [3.8, 4) is 0 Å². The maximum Gasteiger partial charge on any atom is 0.165 e. The van der Waals surface area contributed by atoms with Gasteiger partial charge in [-0.15, -0.1) is 6.58 Å². The van der Waals surface area contributed by atoms with Crippen LogP contribution in [0.2, 0.25) is 0 Å². The van der Waals surface area contributed by atoms with Crippen molar-refractivity contribution in [2.45, 2.75) is 64.1 Å². The van der Waals surface area contributed by atoms with Crippen molar-refractivity contribution in [2.24, 2.45) is 17.8 Å². The van der Waals surface area contributed by atoms with Crippen molar-refractivity contribution >= 4 is 5.78 Å². The van der Waals surface area contributed by atoms with Crippen molar-refractivity contribution in [2.75, 3.05) is 13.2 Å². The molecule has 1 aliphatic carbocycles. The Kier molecular flexibility index (Phi) is 7.99. The van der Waals surface area contributed by atoms with Gasteiger partial charge in [-0.05, 0) is 37.0 Å². The van der Waals surface area contributed by atoms with Gasteiger partial charge in [0.2, 0.25) is 0 Å². The van der Waals surface area contributed by atoms with Crippen LogP contribution in [0.4, 0.5) is 0 Å². The normalized spacial score (nSPS) is 27.4. The summed E-state index contributed by atoms with van der Waals surface area (Å²) >= 11 is 0. The smallest absolute Gasteiger partial charge is 0.165 e. The minimum atomic E-state index is -1.37. The highest BCUT2D eigenvalue weighted by molar-refractivity contribution is 5.96. The number of benzene rings is 1. The zero-order valence-corrected chi connectivity index (χ0v) is 17.6. The van der Waals surface area contributed by atoms with Crippen molar-refractivity contribution in [1.82, 2.24) is 0 Å². The molecule has 0 radical (unpaired) electrons. The van der Waals surface area contributed by atoms with Gasteiger partial charge in [0.05, 0.1) is 18.8 Å². The third-order valence-corrected chi connectivity index (χ3v) is 6.15. The Balaban J connectivity index is 2.33. The van der Waals surface area contributed by atoms with Crippen LogP contribution >= 0.6 is 0 Å². The Bertz CT molecular complexity index is 641. The molecule has 0 saturated heterocycles. The minimum Gasteiger partial charge on any atom is -0.393 e. The number of aliphatic hydroxyl groups excluding tert-OH is 1. The van der Waals surface area contributed by atoms with Gasteiger partial charge in [0.15, 0.2) is 5.78 Å². The van der Waals surface area contributed by atoms with Crippen LogP contribution in [-0.2, 0) is 4.74 Å². The van der Waals surface area contributed by atoms with Crippen LogP contribution in [0.3, 0.4) is 0 Å². The number of hydrogen-bond donors (Lipinski definition) is 2. The number of Topliss-reactive ketones (excluding diaryl/α,β-unsaturated/α-hetero) is 1. The first-order valence-corrected chi connectivity index (χ1v) is 10.4. The largest absolute Gasteiger partial charge is 0.393 e. The molecule has 0 spiro atoms. The maximum absolute atomic E-state index is 13.1. The van der Waals surface area contributed by atoms with E-state index in [0.717, 1.165) is 19.3 Å².